The smallest absolute Gasteiger partial charge is 0.320 e. The van der Waals surface area contributed by atoms with Crippen molar-refractivity contribution < 1.29 is 80.6 Å². The van der Waals surface area contributed by atoms with Gasteiger partial charge in [0.2, 0.25) is 23.6 Å². The van der Waals surface area contributed by atoms with Gasteiger partial charge in [0.15, 0.2) is 18.0 Å². The Morgan fingerprint density at radius 1 is 0.685 bits per heavy atom. The second-order valence-corrected chi connectivity index (χ2v) is 11.7. The first-order chi connectivity index (χ1) is 25.5. The molecular weight excluding hydrogens is 744 g/mol. The van der Waals surface area contributed by atoms with Gasteiger partial charge in [0, 0.05) is 59.2 Å². The third kappa shape index (κ3) is 10.3. The fraction of sp³-hybridized carbons (Fsp3) is 0.371. The summed E-state index contributed by atoms with van der Waals surface area (Å²) in [6.45, 7) is 5.73. The van der Waals surface area contributed by atoms with Crippen molar-refractivity contribution in [1.82, 2.24) is 0 Å². The minimum absolute atomic E-state index is 0.117. The van der Waals surface area contributed by atoms with Crippen molar-refractivity contribution in [1.29, 1.82) is 0 Å². The fourth-order valence-corrected chi connectivity index (χ4v) is 5.33. The largest absolute Gasteiger partial charge is 0.462 e. The maximum absolute atomic E-state index is 14.5. The molecule has 1 aliphatic rings. The van der Waals surface area contributed by atoms with E-state index in [9.17, 15) is 38.4 Å². The zero-order valence-electron chi connectivity index (χ0n) is 29.5. The van der Waals surface area contributed by atoms with E-state index in [2.05, 4.69) is 0 Å². The maximum atomic E-state index is 14.5. The number of halogens is 1. The van der Waals surface area contributed by atoms with E-state index in [1.54, 1.807) is 0 Å². The fourth-order valence-electron chi connectivity index (χ4n) is 5.25. The van der Waals surface area contributed by atoms with Gasteiger partial charge in [-0.3, -0.25) is 38.4 Å². The van der Waals surface area contributed by atoms with E-state index in [-0.39, 0.29) is 28.4 Å². The molecule has 4 rings (SSSR count). The number of carbonyl (C=O) groups excluding carboxylic acids is 7. The zero-order valence-corrected chi connectivity index (χ0v) is 30.2. The summed E-state index contributed by atoms with van der Waals surface area (Å²) in [6.07, 6.45) is -8.44. The minimum atomic E-state index is -1.92. The molecule has 0 spiro atoms. The summed E-state index contributed by atoms with van der Waals surface area (Å²) >= 11 is 5.58. The quantitative estimate of drug-likeness (QED) is 0.111. The average Bonchev–Trinajstić information content (AvgIpc) is 3.06. The summed E-state index contributed by atoms with van der Waals surface area (Å²) < 4.78 is 55.3. The van der Waals surface area contributed by atoms with Crippen LogP contribution in [0.4, 0.5) is 0 Å². The number of rotatable bonds is 12. The first-order valence-electron chi connectivity index (χ1n) is 15.8. The monoisotopic (exact) mass is 776 g/mol. The number of ether oxygens (including phenoxy) is 9. The molecule has 0 saturated carbocycles. The molecule has 18 nitrogen and oxygen atoms in total. The second-order valence-electron chi connectivity index (χ2n) is 11.4. The van der Waals surface area contributed by atoms with E-state index in [0.717, 1.165) is 40.7 Å². The molecule has 0 radical (unpaired) electrons. The molecule has 2 heterocycles. The molecule has 54 heavy (non-hydrogen) atoms. The van der Waals surface area contributed by atoms with Crippen LogP contribution in [0.5, 0.6) is 23.0 Å². The molecular formula is C35H33ClO18. The highest BCUT2D eigenvalue weighted by atomic mass is 35.5. The summed E-state index contributed by atoms with van der Waals surface area (Å²) in [5.41, 5.74) is -1.16. The van der Waals surface area contributed by atoms with Crippen LogP contribution >= 0.6 is 11.6 Å². The Labute approximate surface area is 310 Å². The van der Waals surface area contributed by atoms with Gasteiger partial charge in [-0.05, 0) is 24.3 Å². The van der Waals surface area contributed by atoms with E-state index in [1.165, 1.54) is 37.3 Å². The van der Waals surface area contributed by atoms with E-state index < -0.39 is 107 Å². The highest BCUT2D eigenvalue weighted by Crippen LogP contribution is 2.39. The Kier molecular flexibility index (Phi) is 13.3. The number of esters is 7. The Morgan fingerprint density at radius 3 is 1.80 bits per heavy atom. The van der Waals surface area contributed by atoms with Gasteiger partial charge in [-0.1, -0.05) is 0 Å². The average molecular weight is 777 g/mol. The summed E-state index contributed by atoms with van der Waals surface area (Å²) in [5.74, 6) is -7.96. The van der Waals surface area contributed by atoms with E-state index in [0.29, 0.717) is 0 Å². The summed E-state index contributed by atoms with van der Waals surface area (Å²) in [5, 5.41) is -0.391. The van der Waals surface area contributed by atoms with Crippen LogP contribution in [0.25, 0.3) is 22.3 Å². The van der Waals surface area contributed by atoms with Gasteiger partial charge in [0.1, 0.15) is 46.8 Å². The van der Waals surface area contributed by atoms with Gasteiger partial charge in [0.05, 0.1) is 0 Å². The van der Waals surface area contributed by atoms with Crippen LogP contribution in [0.1, 0.15) is 41.5 Å². The lowest BCUT2D eigenvalue weighted by atomic mass is 9.98. The van der Waals surface area contributed by atoms with Crippen molar-refractivity contribution in [2.45, 2.75) is 72.2 Å². The van der Waals surface area contributed by atoms with Crippen molar-refractivity contribution >= 4 is 64.4 Å². The third-order valence-electron chi connectivity index (χ3n) is 7.03. The first kappa shape index (κ1) is 40.8. The van der Waals surface area contributed by atoms with Gasteiger partial charge in [-0.25, -0.2) is 0 Å². The molecule has 5 atom stereocenters. The van der Waals surface area contributed by atoms with Crippen molar-refractivity contribution in [3.63, 3.8) is 0 Å². The SMILES string of the molecule is CC(=O)Oc1ccc(-c2oc3cc(OC(C)=O)cc(OC(C)=O)c3c(=O)c2OC2OC(COC(=O)CCl)C(OC(C)=O)C(OC(C)=O)C2OC(C)=O)cc1. The molecule has 5 unspecified atom stereocenters. The van der Waals surface area contributed by atoms with Crippen LogP contribution in [0.15, 0.2) is 45.6 Å². The van der Waals surface area contributed by atoms with Gasteiger partial charge >= 0.3 is 41.8 Å². The van der Waals surface area contributed by atoms with Crippen LogP contribution in [-0.4, -0.2) is 85.0 Å². The van der Waals surface area contributed by atoms with E-state index >= 15 is 0 Å². The van der Waals surface area contributed by atoms with Crippen molar-refractivity contribution in [3.8, 4) is 34.3 Å². The standard InChI is InChI=1S/C35H33ClO18/c1-15(37)46-22-9-7-21(8-10-22)30-32(29(44)28-24(48-17(3)39)11-23(47-16(2)38)12-25(28)52-30)54-35-34(51-20(6)42)33(50-19(5)41)31(49-18(4)40)26(53-35)14-45-27(43)13-36/h7-12,26,31,33-35H,13-14H2,1-6H3. The van der Waals surface area contributed by atoms with Gasteiger partial charge < -0.3 is 47.0 Å². The number of carbonyl (C=O) groups is 7. The molecule has 3 aromatic rings. The molecule has 288 valence electrons. The highest BCUT2D eigenvalue weighted by Gasteiger charge is 2.54. The van der Waals surface area contributed by atoms with Gasteiger partial charge in [0.25, 0.3) is 0 Å². The van der Waals surface area contributed by atoms with Crippen molar-refractivity contribution in [2.24, 2.45) is 0 Å². The van der Waals surface area contributed by atoms with E-state index in [1.807, 2.05) is 0 Å². The number of fused-ring (bicyclic) bond motifs is 1. The molecule has 1 aromatic heterocycles. The lowest BCUT2D eigenvalue weighted by molar-refractivity contribution is -0.288. The molecule has 0 bridgehead atoms. The topological polar surface area (TPSA) is 233 Å². The third-order valence-corrected chi connectivity index (χ3v) is 7.25. The molecule has 2 aromatic carbocycles. The molecule has 0 N–H and O–H groups in total. The van der Waals surface area contributed by atoms with Gasteiger partial charge in [-0.2, -0.15) is 0 Å². The lowest BCUT2D eigenvalue weighted by Gasteiger charge is -2.43. The molecule has 19 heteroatoms. The van der Waals surface area contributed by atoms with E-state index in [4.69, 9.17) is 58.6 Å². The summed E-state index contributed by atoms with van der Waals surface area (Å²) in [4.78, 5) is 99.0. The summed E-state index contributed by atoms with van der Waals surface area (Å²) in [6, 6.07) is 7.76. The van der Waals surface area contributed by atoms with Crippen LogP contribution in [0, 0.1) is 0 Å². The normalized spacial score (nSPS) is 19.1. The summed E-state index contributed by atoms with van der Waals surface area (Å²) in [7, 11) is 0. The predicted molar refractivity (Wildman–Crippen MR) is 179 cm³/mol. The second kappa shape index (κ2) is 17.7. The zero-order chi connectivity index (χ0) is 39.9. The Hall–Kier alpha value is -6.01. The molecule has 1 aliphatic heterocycles. The minimum Gasteiger partial charge on any atom is -0.462 e. The maximum Gasteiger partial charge on any atom is 0.320 e. The number of hydrogen-bond acceptors (Lipinski definition) is 18. The Bertz CT molecular complexity index is 2020. The van der Waals surface area contributed by atoms with Gasteiger partial charge in [-0.15, -0.1) is 11.6 Å². The first-order valence-corrected chi connectivity index (χ1v) is 16.4. The van der Waals surface area contributed by atoms with Crippen molar-refractivity contribution in [2.75, 3.05) is 12.5 Å². The Morgan fingerprint density at radius 2 is 1.24 bits per heavy atom. The number of alkyl halides is 1. The molecule has 1 fully saturated rings. The number of hydrogen-bond donors (Lipinski definition) is 0. The molecule has 1 saturated heterocycles. The van der Waals surface area contributed by atoms with Crippen LogP contribution in [0.3, 0.4) is 0 Å². The molecule has 0 amide bonds. The van der Waals surface area contributed by atoms with Crippen LogP contribution in [-0.2, 0) is 57.2 Å². The predicted octanol–water partition coefficient (Wildman–Crippen LogP) is 2.92. The highest BCUT2D eigenvalue weighted by molar-refractivity contribution is 6.26. The lowest BCUT2D eigenvalue weighted by Crippen LogP contribution is -2.63. The van der Waals surface area contributed by atoms with Crippen LogP contribution in [0.2, 0.25) is 0 Å². The molecule has 0 aliphatic carbocycles. The van der Waals surface area contributed by atoms with Crippen molar-refractivity contribution in [3.05, 3.63) is 46.6 Å². The van der Waals surface area contributed by atoms with Crippen LogP contribution < -0.4 is 24.4 Å². The Balaban J connectivity index is 2.00. The number of benzene rings is 2.